The lowest BCUT2D eigenvalue weighted by atomic mass is 10.1. The molecule has 29 heavy (non-hydrogen) atoms. The van der Waals surface area contributed by atoms with Gasteiger partial charge in [0.1, 0.15) is 12.7 Å². The normalized spacial score (nSPS) is 10.7. The Hall–Kier alpha value is -3.50. The fraction of sp³-hybridized carbons (Fsp3) is 0.273. The molecule has 7 heteroatoms. The first-order valence-corrected chi connectivity index (χ1v) is 9.39. The van der Waals surface area contributed by atoms with Crippen LogP contribution in [0, 0.1) is 11.3 Å². The summed E-state index contributed by atoms with van der Waals surface area (Å²) >= 11 is 0. The first-order valence-electron chi connectivity index (χ1n) is 9.39. The van der Waals surface area contributed by atoms with Gasteiger partial charge in [0, 0.05) is 25.2 Å². The third-order valence-corrected chi connectivity index (χ3v) is 4.57. The summed E-state index contributed by atoms with van der Waals surface area (Å²) in [5.41, 5.74) is 3.32. The lowest BCUT2D eigenvalue weighted by Crippen LogP contribution is -2.36. The Kier molecular flexibility index (Phi) is 6.72. The standard InChI is InChI=1S/C22H24N6O/c1-26(2)11-12-27(14-19-5-3-18(13-23)4-6-19)22(29)21-9-7-20(8-10-21)15-28-17-24-16-25-28/h3-10,16-17H,11-12,14-15H2,1-2H3. The molecule has 0 fully saturated rings. The summed E-state index contributed by atoms with van der Waals surface area (Å²) < 4.78 is 1.74. The zero-order valence-corrected chi connectivity index (χ0v) is 16.7. The van der Waals surface area contributed by atoms with Gasteiger partial charge in [0.15, 0.2) is 0 Å². The molecule has 0 aliphatic carbocycles. The van der Waals surface area contributed by atoms with Gasteiger partial charge in [-0.25, -0.2) is 9.67 Å². The van der Waals surface area contributed by atoms with Gasteiger partial charge < -0.3 is 9.80 Å². The number of hydrogen-bond acceptors (Lipinski definition) is 5. The van der Waals surface area contributed by atoms with E-state index in [-0.39, 0.29) is 5.91 Å². The maximum absolute atomic E-state index is 13.1. The second-order valence-corrected chi connectivity index (χ2v) is 7.13. The zero-order chi connectivity index (χ0) is 20.6. The fourth-order valence-electron chi connectivity index (χ4n) is 2.91. The maximum atomic E-state index is 13.1. The Morgan fingerprint density at radius 2 is 1.72 bits per heavy atom. The van der Waals surface area contributed by atoms with Crippen molar-refractivity contribution in [1.82, 2.24) is 24.6 Å². The Morgan fingerprint density at radius 1 is 1.03 bits per heavy atom. The number of hydrogen-bond donors (Lipinski definition) is 0. The van der Waals surface area contributed by atoms with E-state index in [1.807, 2.05) is 55.4 Å². The minimum absolute atomic E-state index is 0.0106. The highest BCUT2D eigenvalue weighted by Gasteiger charge is 2.16. The number of nitriles is 1. The number of nitrogens with zero attached hydrogens (tertiary/aromatic N) is 6. The minimum Gasteiger partial charge on any atom is -0.333 e. The summed E-state index contributed by atoms with van der Waals surface area (Å²) in [6.07, 6.45) is 3.17. The van der Waals surface area contributed by atoms with Crippen LogP contribution < -0.4 is 0 Å². The van der Waals surface area contributed by atoms with Gasteiger partial charge in [0.2, 0.25) is 0 Å². The molecule has 0 spiro atoms. The van der Waals surface area contributed by atoms with Crippen LogP contribution in [0.2, 0.25) is 0 Å². The molecule has 2 aromatic carbocycles. The van der Waals surface area contributed by atoms with Gasteiger partial charge in [-0.3, -0.25) is 4.79 Å². The average Bonchev–Trinajstić information content (AvgIpc) is 3.24. The van der Waals surface area contributed by atoms with Crippen molar-refractivity contribution < 1.29 is 4.79 Å². The van der Waals surface area contributed by atoms with Gasteiger partial charge >= 0.3 is 0 Å². The van der Waals surface area contributed by atoms with E-state index in [4.69, 9.17) is 5.26 Å². The van der Waals surface area contributed by atoms with Crippen LogP contribution in [-0.2, 0) is 13.1 Å². The molecule has 0 unspecified atom stereocenters. The van der Waals surface area contributed by atoms with Crippen LogP contribution in [0.3, 0.4) is 0 Å². The van der Waals surface area contributed by atoms with Crippen molar-refractivity contribution in [3.05, 3.63) is 83.4 Å². The summed E-state index contributed by atoms with van der Waals surface area (Å²) in [4.78, 5) is 21.0. The Labute approximate surface area is 170 Å². The van der Waals surface area contributed by atoms with Gasteiger partial charge in [-0.2, -0.15) is 10.4 Å². The van der Waals surface area contributed by atoms with E-state index in [0.717, 1.165) is 17.7 Å². The van der Waals surface area contributed by atoms with Crippen LogP contribution >= 0.6 is 0 Å². The molecule has 3 aromatic rings. The summed E-state index contributed by atoms with van der Waals surface area (Å²) in [6, 6.07) is 17.1. The number of aromatic nitrogens is 3. The van der Waals surface area contributed by atoms with Gasteiger partial charge in [-0.1, -0.05) is 24.3 Å². The summed E-state index contributed by atoms with van der Waals surface area (Å²) in [5, 5.41) is 13.1. The summed E-state index contributed by atoms with van der Waals surface area (Å²) in [5.74, 6) is -0.0106. The maximum Gasteiger partial charge on any atom is 0.254 e. The van der Waals surface area contributed by atoms with Gasteiger partial charge in [0.25, 0.3) is 5.91 Å². The van der Waals surface area contributed by atoms with E-state index in [2.05, 4.69) is 21.1 Å². The van der Waals surface area contributed by atoms with E-state index in [1.54, 1.807) is 23.1 Å². The van der Waals surface area contributed by atoms with Crippen molar-refractivity contribution in [3.8, 4) is 6.07 Å². The fourth-order valence-corrected chi connectivity index (χ4v) is 2.91. The predicted molar refractivity (Wildman–Crippen MR) is 110 cm³/mol. The van der Waals surface area contributed by atoms with Crippen molar-refractivity contribution in [2.24, 2.45) is 0 Å². The van der Waals surface area contributed by atoms with Crippen molar-refractivity contribution >= 4 is 5.91 Å². The molecular formula is C22H24N6O. The van der Waals surface area contributed by atoms with Crippen LogP contribution in [0.5, 0.6) is 0 Å². The molecule has 0 aliphatic heterocycles. The highest BCUT2D eigenvalue weighted by Crippen LogP contribution is 2.13. The highest BCUT2D eigenvalue weighted by atomic mass is 16.2. The van der Waals surface area contributed by atoms with Gasteiger partial charge in [-0.15, -0.1) is 0 Å². The second-order valence-electron chi connectivity index (χ2n) is 7.13. The summed E-state index contributed by atoms with van der Waals surface area (Å²) in [7, 11) is 3.98. The predicted octanol–water partition coefficient (Wildman–Crippen LogP) is 2.40. The zero-order valence-electron chi connectivity index (χ0n) is 16.7. The monoisotopic (exact) mass is 388 g/mol. The lowest BCUT2D eigenvalue weighted by molar-refractivity contribution is 0.0732. The third kappa shape index (κ3) is 5.74. The van der Waals surface area contributed by atoms with Crippen molar-refractivity contribution in [3.63, 3.8) is 0 Å². The minimum atomic E-state index is -0.0106. The number of amides is 1. The van der Waals surface area contributed by atoms with Crippen LogP contribution in [0.25, 0.3) is 0 Å². The molecular weight excluding hydrogens is 364 g/mol. The first kappa shape index (κ1) is 20.2. The molecule has 3 rings (SSSR count). The number of carbonyl (C=O) groups excluding carboxylic acids is 1. The Morgan fingerprint density at radius 3 is 2.31 bits per heavy atom. The Bertz CT molecular complexity index is 956. The van der Waals surface area contributed by atoms with E-state index in [1.165, 1.54) is 6.33 Å². The van der Waals surface area contributed by atoms with Crippen molar-refractivity contribution in [2.45, 2.75) is 13.1 Å². The molecule has 0 saturated carbocycles. The smallest absolute Gasteiger partial charge is 0.254 e. The highest BCUT2D eigenvalue weighted by molar-refractivity contribution is 5.94. The van der Waals surface area contributed by atoms with Crippen LogP contribution in [0.1, 0.15) is 27.0 Å². The number of likely N-dealkylation sites (N-methyl/N-ethyl adjacent to an activating group) is 1. The molecule has 0 bridgehead atoms. The van der Waals surface area contributed by atoms with E-state index in [0.29, 0.717) is 30.8 Å². The van der Waals surface area contributed by atoms with Gasteiger partial charge in [-0.05, 0) is 49.5 Å². The third-order valence-electron chi connectivity index (χ3n) is 4.57. The lowest BCUT2D eigenvalue weighted by Gasteiger charge is -2.25. The van der Waals surface area contributed by atoms with Crippen molar-refractivity contribution in [1.29, 1.82) is 5.26 Å². The molecule has 7 nitrogen and oxygen atoms in total. The molecule has 1 aromatic heterocycles. The SMILES string of the molecule is CN(C)CCN(Cc1ccc(C#N)cc1)C(=O)c1ccc(Cn2cncn2)cc1. The van der Waals surface area contributed by atoms with Crippen molar-refractivity contribution in [2.75, 3.05) is 27.2 Å². The molecule has 0 saturated heterocycles. The van der Waals surface area contributed by atoms with Crippen LogP contribution in [0.4, 0.5) is 0 Å². The van der Waals surface area contributed by atoms with E-state index < -0.39 is 0 Å². The molecule has 0 atom stereocenters. The van der Waals surface area contributed by atoms with E-state index >= 15 is 0 Å². The summed E-state index contributed by atoms with van der Waals surface area (Å²) in [6.45, 7) is 2.50. The second kappa shape index (κ2) is 9.62. The van der Waals surface area contributed by atoms with Crippen LogP contribution in [0.15, 0.2) is 61.2 Å². The number of rotatable bonds is 8. The quantitative estimate of drug-likeness (QED) is 0.592. The van der Waals surface area contributed by atoms with Crippen LogP contribution in [-0.4, -0.2) is 57.7 Å². The molecule has 0 radical (unpaired) electrons. The Balaban J connectivity index is 1.73. The average molecular weight is 388 g/mol. The molecule has 0 aliphatic rings. The largest absolute Gasteiger partial charge is 0.333 e. The van der Waals surface area contributed by atoms with E-state index in [9.17, 15) is 4.79 Å². The topological polar surface area (TPSA) is 78.0 Å². The first-order chi connectivity index (χ1) is 14.0. The number of carbonyl (C=O) groups is 1. The molecule has 148 valence electrons. The number of benzene rings is 2. The molecule has 0 N–H and O–H groups in total. The van der Waals surface area contributed by atoms with Gasteiger partial charge in [0.05, 0.1) is 18.2 Å². The molecule has 1 heterocycles. The molecule has 1 amide bonds.